The average molecular weight is 527 g/mol. The Morgan fingerprint density at radius 1 is 0.395 bits per heavy atom. The molecule has 38 heavy (non-hydrogen) atoms. The maximum absolute atomic E-state index is 13.8. The SMILES string of the molecule is O=C(c1cc(C(=O)N2CCNCC2)c(C(=O)N2CCNCC2)cc1C(=O)N1CCNCC1)N1CCNCC1. The van der Waals surface area contributed by atoms with Crippen LogP contribution in [-0.2, 0) is 0 Å². The Labute approximate surface area is 223 Å². The predicted octanol–water partition coefficient (Wildman–Crippen LogP) is -2.13. The quantitative estimate of drug-likeness (QED) is 0.350. The average Bonchev–Trinajstić information content (AvgIpc) is 3.00. The second-order valence-electron chi connectivity index (χ2n) is 10.1. The van der Waals surface area contributed by atoms with Crippen molar-refractivity contribution in [2.75, 3.05) is 105 Å². The standard InChI is InChI=1S/C26H38N8O4/c35-23(31-9-1-27-2-10-31)19-17-21(25(37)33-13-5-29-6-14-33)22(26(38)34-15-7-30-8-16-34)18-20(19)24(36)32-11-3-28-4-12-32/h17-18,27-30H,1-16H2. The van der Waals surface area contributed by atoms with Crippen LogP contribution < -0.4 is 21.3 Å². The molecule has 4 aliphatic rings. The zero-order valence-corrected chi connectivity index (χ0v) is 21.9. The van der Waals surface area contributed by atoms with Gasteiger partial charge in [0.15, 0.2) is 0 Å². The van der Waals surface area contributed by atoms with E-state index < -0.39 is 0 Å². The first-order valence-electron chi connectivity index (χ1n) is 13.7. The first-order valence-corrected chi connectivity index (χ1v) is 13.7. The number of hydrogen-bond donors (Lipinski definition) is 4. The number of nitrogens with one attached hydrogen (secondary N) is 4. The van der Waals surface area contributed by atoms with Crippen LogP contribution in [0.1, 0.15) is 41.4 Å². The van der Waals surface area contributed by atoms with Crippen molar-refractivity contribution in [2.45, 2.75) is 0 Å². The molecule has 0 aliphatic carbocycles. The highest BCUT2D eigenvalue weighted by Crippen LogP contribution is 2.25. The highest BCUT2D eigenvalue weighted by Gasteiger charge is 2.33. The molecule has 12 heteroatoms. The summed E-state index contributed by atoms with van der Waals surface area (Å²) in [6.07, 6.45) is 0. The minimum atomic E-state index is -0.277. The molecule has 4 fully saturated rings. The monoisotopic (exact) mass is 526 g/mol. The van der Waals surface area contributed by atoms with Gasteiger partial charge in [-0.15, -0.1) is 0 Å². The molecular weight excluding hydrogens is 488 g/mol. The Kier molecular flexibility index (Phi) is 8.52. The van der Waals surface area contributed by atoms with Crippen LogP contribution in [0.15, 0.2) is 12.1 Å². The van der Waals surface area contributed by atoms with Crippen LogP contribution in [-0.4, -0.2) is 148 Å². The topological polar surface area (TPSA) is 129 Å². The molecule has 0 radical (unpaired) electrons. The third-order valence-electron chi connectivity index (χ3n) is 7.70. The number of benzene rings is 1. The van der Waals surface area contributed by atoms with Crippen molar-refractivity contribution in [3.8, 4) is 0 Å². The number of nitrogens with zero attached hydrogens (tertiary/aromatic N) is 4. The van der Waals surface area contributed by atoms with Crippen LogP contribution in [0.5, 0.6) is 0 Å². The minimum Gasteiger partial charge on any atom is -0.336 e. The first-order chi connectivity index (χ1) is 18.5. The second kappa shape index (κ2) is 12.2. The van der Waals surface area contributed by atoms with Gasteiger partial charge >= 0.3 is 0 Å². The van der Waals surface area contributed by atoms with Crippen molar-refractivity contribution in [3.63, 3.8) is 0 Å². The number of rotatable bonds is 4. The van der Waals surface area contributed by atoms with E-state index in [-0.39, 0.29) is 45.9 Å². The fourth-order valence-electron chi connectivity index (χ4n) is 5.46. The van der Waals surface area contributed by atoms with Crippen LogP contribution in [0.4, 0.5) is 0 Å². The van der Waals surface area contributed by atoms with Gasteiger partial charge in [-0.1, -0.05) is 0 Å². The second-order valence-corrected chi connectivity index (χ2v) is 10.1. The molecule has 0 aromatic heterocycles. The van der Waals surface area contributed by atoms with Gasteiger partial charge in [0.2, 0.25) is 0 Å². The van der Waals surface area contributed by atoms with Gasteiger partial charge in [-0.2, -0.15) is 0 Å². The molecule has 4 aliphatic heterocycles. The van der Waals surface area contributed by atoms with E-state index >= 15 is 0 Å². The van der Waals surface area contributed by atoms with Crippen LogP contribution in [0.2, 0.25) is 0 Å². The van der Waals surface area contributed by atoms with Crippen molar-refractivity contribution >= 4 is 23.6 Å². The summed E-state index contributed by atoms with van der Waals surface area (Å²) in [5.41, 5.74) is 0.799. The number of amides is 4. The van der Waals surface area contributed by atoms with Gasteiger partial charge in [0, 0.05) is 105 Å². The molecule has 4 N–H and O–H groups in total. The van der Waals surface area contributed by atoms with E-state index in [2.05, 4.69) is 21.3 Å². The van der Waals surface area contributed by atoms with E-state index in [9.17, 15) is 19.2 Å². The fraction of sp³-hybridized carbons (Fsp3) is 0.615. The Bertz CT molecular complexity index is 893. The summed E-state index contributed by atoms with van der Waals surface area (Å²) in [5.74, 6) is -1.11. The molecule has 0 unspecified atom stereocenters. The van der Waals surface area contributed by atoms with E-state index in [1.165, 1.54) is 12.1 Å². The zero-order valence-electron chi connectivity index (χ0n) is 21.9. The fourth-order valence-corrected chi connectivity index (χ4v) is 5.46. The molecule has 5 rings (SSSR count). The summed E-state index contributed by atoms with van der Waals surface area (Å²) < 4.78 is 0. The van der Waals surface area contributed by atoms with Crippen molar-refractivity contribution in [1.82, 2.24) is 40.9 Å². The first kappa shape index (κ1) is 26.5. The predicted molar refractivity (Wildman–Crippen MR) is 142 cm³/mol. The Balaban J connectivity index is 1.60. The summed E-state index contributed by atoms with van der Waals surface area (Å²) in [7, 11) is 0. The molecule has 1 aromatic carbocycles. The van der Waals surface area contributed by atoms with Crippen molar-refractivity contribution in [3.05, 3.63) is 34.4 Å². The highest BCUT2D eigenvalue weighted by molar-refractivity contribution is 6.14. The lowest BCUT2D eigenvalue weighted by molar-refractivity contribution is 0.0683. The smallest absolute Gasteiger partial charge is 0.254 e. The summed E-state index contributed by atoms with van der Waals surface area (Å²) in [4.78, 5) is 62.2. The van der Waals surface area contributed by atoms with Gasteiger partial charge in [-0.3, -0.25) is 19.2 Å². The summed E-state index contributed by atoms with van der Waals surface area (Å²) in [6.45, 7) is 9.46. The molecule has 1 aromatic rings. The lowest BCUT2D eigenvalue weighted by Gasteiger charge is -2.33. The number of carbonyl (C=O) groups is 4. The summed E-state index contributed by atoms with van der Waals surface area (Å²) in [6, 6.07) is 3.05. The third kappa shape index (κ3) is 5.68. The lowest BCUT2D eigenvalue weighted by Crippen LogP contribution is -2.50. The molecule has 206 valence electrons. The van der Waals surface area contributed by atoms with E-state index in [1.54, 1.807) is 19.6 Å². The summed E-state index contributed by atoms with van der Waals surface area (Å²) >= 11 is 0. The Hall–Kier alpha value is -3.06. The molecule has 0 spiro atoms. The van der Waals surface area contributed by atoms with Crippen molar-refractivity contribution in [1.29, 1.82) is 0 Å². The maximum atomic E-state index is 13.8. The normalized spacial score (nSPS) is 20.8. The van der Waals surface area contributed by atoms with Gasteiger partial charge in [-0.25, -0.2) is 0 Å². The number of piperazine rings is 4. The van der Waals surface area contributed by atoms with Gasteiger partial charge in [0.05, 0.1) is 22.3 Å². The highest BCUT2D eigenvalue weighted by atomic mass is 16.2. The van der Waals surface area contributed by atoms with Gasteiger partial charge in [0.25, 0.3) is 23.6 Å². The minimum absolute atomic E-state index is 0.200. The van der Waals surface area contributed by atoms with Gasteiger partial charge in [0.1, 0.15) is 0 Å². The molecular formula is C26H38N8O4. The molecule has 0 atom stereocenters. The third-order valence-corrected chi connectivity index (χ3v) is 7.70. The van der Waals surface area contributed by atoms with Crippen LogP contribution >= 0.6 is 0 Å². The molecule has 4 amide bonds. The largest absolute Gasteiger partial charge is 0.336 e. The number of hydrogen-bond acceptors (Lipinski definition) is 8. The van der Waals surface area contributed by atoms with Crippen LogP contribution in [0.3, 0.4) is 0 Å². The van der Waals surface area contributed by atoms with Crippen molar-refractivity contribution in [2.24, 2.45) is 0 Å². The van der Waals surface area contributed by atoms with Crippen LogP contribution in [0.25, 0.3) is 0 Å². The summed E-state index contributed by atoms with van der Waals surface area (Å²) in [5, 5.41) is 13.0. The Morgan fingerprint density at radius 3 is 0.763 bits per heavy atom. The van der Waals surface area contributed by atoms with E-state index in [0.29, 0.717) is 105 Å². The zero-order chi connectivity index (χ0) is 26.5. The molecule has 0 bridgehead atoms. The van der Waals surface area contributed by atoms with E-state index in [4.69, 9.17) is 0 Å². The van der Waals surface area contributed by atoms with Crippen molar-refractivity contribution < 1.29 is 19.2 Å². The van der Waals surface area contributed by atoms with E-state index in [0.717, 1.165) is 0 Å². The maximum Gasteiger partial charge on any atom is 0.254 e. The van der Waals surface area contributed by atoms with E-state index in [1.807, 2.05) is 0 Å². The molecule has 12 nitrogen and oxygen atoms in total. The molecule has 4 heterocycles. The van der Waals surface area contributed by atoms with Crippen LogP contribution in [0, 0.1) is 0 Å². The molecule has 0 saturated carbocycles. The lowest BCUT2D eigenvalue weighted by atomic mass is 9.94. The van der Waals surface area contributed by atoms with Gasteiger partial charge in [-0.05, 0) is 12.1 Å². The van der Waals surface area contributed by atoms with Gasteiger partial charge < -0.3 is 40.9 Å². The number of carbonyl (C=O) groups excluding carboxylic acids is 4. The molecule has 4 saturated heterocycles. The Morgan fingerprint density at radius 2 is 0.579 bits per heavy atom.